The van der Waals surface area contributed by atoms with Gasteiger partial charge in [0.15, 0.2) is 11.5 Å². The highest BCUT2D eigenvalue weighted by molar-refractivity contribution is 5.94. The van der Waals surface area contributed by atoms with Crippen molar-refractivity contribution >= 4 is 5.91 Å². The maximum Gasteiger partial charge on any atom is 0.251 e. The summed E-state index contributed by atoms with van der Waals surface area (Å²) in [6, 6.07) is 12.3. The van der Waals surface area contributed by atoms with Crippen molar-refractivity contribution in [3.05, 3.63) is 53.6 Å². The number of nitrogens with one attached hydrogen (secondary N) is 1. The molecule has 1 amide bonds. The second-order valence-corrected chi connectivity index (χ2v) is 6.74. The van der Waals surface area contributed by atoms with Crippen molar-refractivity contribution in [1.29, 1.82) is 0 Å². The van der Waals surface area contributed by atoms with Gasteiger partial charge in [-0.25, -0.2) is 0 Å². The van der Waals surface area contributed by atoms with Gasteiger partial charge >= 0.3 is 0 Å². The predicted molar refractivity (Wildman–Crippen MR) is 111 cm³/mol. The molecular weight excluding hydrogens is 354 g/mol. The average Bonchev–Trinajstić information content (AvgIpc) is 2.70. The molecule has 0 aliphatic rings. The lowest BCUT2D eigenvalue weighted by molar-refractivity contribution is 0.0953. The SMILES string of the molecule is CCCCOc1ccc(C(=O)NCCc2ccc(O)cc2)cc1OCCCC. The Morgan fingerprint density at radius 3 is 2.21 bits per heavy atom. The van der Waals surface area contributed by atoms with Gasteiger partial charge < -0.3 is 19.9 Å². The number of carbonyl (C=O) groups is 1. The first kappa shape index (κ1) is 21.6. The van der Waals surface area contributed by atoms with E-state index in [1.165, 1.54) is 0 Å². The lowest BCUT2D eigenvalue weighted by Gasteiger charge is -2.14. The molecule has 0 fully saturated rings. The molecular formula is C23H31NO4. The summed E-state index contributed by atoms with van der Waals surface area (Å²) in [5, 5.41) is 12.3. The number of aromatic hydroxyl groups is 1. The molecule has 2 N–H and O–H groups in total. The minimum Gasteiger partial charge on any atom is -0.508 e. The first-order chi connectivity index (χ1) is 13.6. The fourth-order valence-electron chi connectivity index (χ4n) is 2.62. The number of benzene rings is 2. The largest absolute Gasteiger partial charge is 0.508 e. The number of carbonyl (C=O) groups excluding carboxylic acids is 1. The van der Waals surface area contributed by atoms with Crippen LogP contribution in [0.1, 0.15) is 55.5 Å². The van der Waals surface area contributed by atoms with Crippen LogP contribution in [0.3, 0.4) is 0 Å². The number of amides is 1. The smallest absolute Gasteiger partial charge is 0.251 e. The molecule has 0 aromatic heterocycles. The number of hydrogen-bond acceptors (Lipinski definition) is 4. The zero-order chi connectivity index (χ0) is 20.2. The van der Waals surface area contributed by atoms with Crippen LogP contribution < -0.4 is 14.8 Å². The van der Waals surface area contributed by atoms with Gasteiger partial charge in [0, 0.05) is 12.1 Å². The Morgan fingerprint density at radius 1 is 0.929 bits per heavy atom. The molecule has 0 heterocycles. The van der Waals surface area contributed by atoms with Crippen molar-refractivity contribution < 1.29 is 19.4 Å². The first-order valence-corrected chi connectivity index (χ1v) is 10.1. The van der Waals surface area contributed by atoms with E-state index in [2.05, 4.69) is 19.2 Å². The summed E-state index contributed by atoms with van der Waals surface area (Å²) in [7, 11) is 0. The van der Waals surface area contributed by atoms with Crippen molar-refractivity contribution in [2.24, 2.45) is 0 Å². The van der Waals surface area contributed by atoms with Gasteiger partial charge in [0.05, 0.1) is 13.2 Å². The van der Waals surface area contributed by atoms with Crippen LogP contribution in [0.2, 0.25) is 0 Å². The number of hydrogen-bond donors (Lipinski definition) is 2. The van der Waals surface area contributed by atoms with Crippen molar-refractivity contribution in [3.8, 4) is 17.2 Å². The highest BCUT2D eigenvalue weighted by Crippen LogP contribution is 2.29. The highest BCUT2D eigenvalue weighted by Gasteiger charge is 2.12. The Kier molecular flexibility index (Phi) is 9.19. The summed E-state index contributed by atoms with van der Waals surface area (Å²) < 4.78 is 11.7. The Hall–Kier alpha value is -2.69. The van der Waals surface area contributed by atoms with Gasteiger partial charge in [0.25, 0.3) is 5.91 Å². The molecule has 0 unspecified atom stereocenters. The van der Waals surface area contributed by atoms with Crippen LogP contribution in [0.15, 0.2) is 42.5 Å². The van der Waals surface area contributed by atoms with E-state index in [0.29, 0.717) is 43.2 Å². The zero-order valence-corrected chi connectivity index (χ0v) is 16.9. The fourth-order valence-corrected chi connectivity index (χ4v) is 2.62. The second kappa shape index (κ2) is 11.9. The quantitative estimate of drug-likeness (QED) is 0.519. The normalized spacial score (nSPS) is 10.5. The summed E-state index contributed by atoms with van der Waals surface area (Å²) in [5.74, 6) is 1.41. The fraction of sp³-hybridized carbons (Fsp3) is 0.435. The van der Waals surface area contributed by atoms with E-state index in [1.54, 1.807) is 24.3 Å². The molecule has 5 heteroatoms. The van der Waals surface area contributed by atoms with Gasteiger partial charge in [-0.05, 0) is 55.2 Å². The van der Waals surface area contributed by atoms with Crippen molar-refractivity contribution in [2.45, 2.75) is 46.0 Å². The molecule has 28 heavy (non-hydrogen) atoms. The summed E-state index contributed by atoms with van der Waals surface area (Å²) >= 11 is 0. The third-order valence-corrected chi connectivity index (χ3v) is 4.35. The zero-order valence-electron chi connectivity index (χ0n) is 16.9. The van der Waals surface area contributed by atoms with Crippen LogP contribution in [-0.4, -0.2) is 30.8 Å². The molecule has 0 saturated heterocycles. The Labute approximate surface area is 167 Å². The van der Waals surface area contributed by atoms with Crippen LogP contribution in [0.5, 0.6) is 17.2 Å². The predicted octanol–water partition coefficient (Wildman–Crippen LogP) is 4.72. The summed E-state index contributed by atoms with van der Waals surface area (Å²) in [5.41, 5.74) is 1.61. The van der Waals surface area contributed by atoms with Gasteiger partial charge in [-0.15, -0.1) is 0 Å². The molecule has 0 spiro atoms. The molecule has 0 saturated carbocycles. The molecule has 0 bridgehead atoms. The van der Waals surface area contributed by atoms with Crippen LogP contribution in [0.4, 0.5) is 0 Å². The molecule has 2 aromatic rings. The van der Waals surface area contributed by atoms with Crippen molar-refractivity contribution in [2.75, 3.05) is 19.8 Å². The van der Waals surface area contributed by atoms with Crippen LogP contribution in [0.25, 0.3) is 0 Å². The molecule has 5 nitrogen and oxygen atoms in total. The maximum atomic E-state index is 12.5. The Balaban J connectivity index is 1.96. The van der Waals surface area contributed by atoms with Crippen molar-refractivity contribution in [1.82, 2.24) is 5.32 Å². The van der Waals surface area contributed by atoms with E-state index in [9.17, 15) is 9.90 Å². The minimum absolute atomic E-state index is 0.140. The molecule has 2 rings (SSSR count). The number of phenolic OH excluding ortho intramolecular Hbond substituents is 1. The minimum atomic E-state index is -0.140. The van der Waals surface area contributed by atoms with Crippen molar-refractivity contribution in [3.63, 3.8) is 0 Å². The van der Waals surface area contributed by atoms with E-state index < -0.39 is 0 Å². The third kappa shape index (κ3) is 7.14. The highest BCUT2D eigenvalue weighted by atomic mass is 16.5. The van der Waals surface area contributed by atoms with Crippen LogP contribution in [-0.2, 0) is 6.42 Å². The molecule has 0 aliphatic carbocycles. The molecule has 0 radical (unpaired) electrons. The summed E-state index contributed by atoms with van der Waals surface area (Å²) in [4.78, 5) is 12.5. The summed E-state index contributed by atoms with van der Waals surface area (Å²) in [6.45, 7) is 5.99. The first-order valence-electron chi connectivity index (χ1n) is 10.1. The number of ether oxygens (including phenoxy) is 2. The number of unbranched alkanes of at least 4 members (excludes halogenated alkanes) is 2. The number of phenols is 1. The molecule has 152 valence electrons. The lowest BCUT2D eigenvalue weighted by atomic mass is 10.1. The standard InChI is InChI=1S/C23H31NO4/c1-3-5-15-27-21-12-9-19(17-22(21)28-16-6-4-2)23(26)24-14-13-18-7-10-20(25)11-8-18/h7-12,17,25H,3-6,13-16H2,1-2H3,(H,24,26). The molecule has 2 aromatic carbocycles. The number of rotatable bonds is 12. The summed E-state index contributed by atoms with van der Waals surface area (Å²) in [6.07, 6.45) is 4.74. The van der Waals surface area contributed by atoms with E-state index >= 15 is 0 Å². The van der Waals surface area contributed by atoms with E-state index in [0.717, 1.165) is 31.2 Å². The molecule has 0 aliphatic heterocycles. The second-order valence-electron chi connectivity index (χ2n) is 6.74. The maximum absolute atomic E-state index is 12.5. The Bertz CT molecular complexity index is 728. The third-order valence-electron chi connectivity index (χ3n) is 4.35. The van der Waals surface area contributed by atoms with Gasteiger partial charge in [0.2, 0.25) is 0 Å². The topological polar surface area (TPSA) is 67.8 Å². The van der Waals surface area contributed by atoms with Gasteiger partial charge in [-0.2, -0.15) is 0 Å². The van der Waals surface area contributed by atoms with Gasteiger partial charge in [-0.1, -0.05) is 38.8 Å². The molecule has 0 atom stereocenters. The van der Waals surface area contributed by atoms with Crippen LogP contribution >= 0.6 is 0 Å². The average molecular weight is 386 g/mol. The van der Waals surface area contributed by atoms with E-state index in [-0.39, 0.29) is 11.7 Å². The lowest BCUT2D eigenvalue weighted by Crippen LogP contribution is -2.25. The van der Waals surface area contributed by atoms with E-state index in [1.807, 2.05) is 18.2 Å². The van der Waals surface area contributed by atoms with Gasteiger partial charge in [-0.3, -0.25) is 4.79 Å². The monoisotopic (exact) mass is 385 g/mol. The van der Waals surface area contributed by atoms with Gasteiger partial charge in [0.1, 0.15) is 5.75 Å². The Morgan fingerprint density at radius 2 is 1.57 bits per heavy atom. The van der Waals surface area contributed by atoms with E-state index in [4.69, 9.17) is 9.47 Å². The van der Waals surface area contributed by atoms with Crippen LogP contribution in [0, 0.1) is 0 Å².